The maximum atomic E-state index is 12.5. The Morgan fingerprint density at radius 2 is 1.81 bits per heavy atom. The molecule has 0 saturated heterocycles. The van der Waals surface area contributed by atoms with E-state index >= 15 is 0 Å². The number of carbonyl (C=O) groups is 1. The molecule has 0 aliphatic rings. The monoisotopic (exact) mass is 398 g/mol. The van der Waals surface area contributed by atoms with Crippen LogP contribution in [0.25, 0.3) is 0 Å². The van der Waals surface area contributed by atoms with Crippen molar-refractivity contribution in [1.29, 1.82) is 0 Å². The molecule has 0 unspecified atom stereocenters. The molecule has 0 heterocycles. The fourth-order valence-electron chi connectivity index (χ4n) is 2.48. The average molecular weight is 399 g/mol. The number of hydrogen-bond acceptors (Lipinski definition) is 4. The Labute approximate surface area is 161 Å². The highest BCUT2D eigenvalue weighted by Gasteiger charge is 2.13. The van der Waals surface area contributed by atoms with Crippen molar-refractivity contribution in [2.45, 2.75) is 19.7 Å². The number of ether oxygens (including phenoxy) is 2. The minimum absolute atomic E-state index is 0.0365. The van der Waals surface area contributed by atoms with Gasteiger partial charge in [-0.25, -0.2) is 0 Å². The van der Waals surface area contributed by atoms with E-state index in [9.17, 15) is 13.6 Å². The molecule has 0 atom stereocenters. The summed E-state index contributed by atoms with van der Waals surface area (Å²) >= 11 is 5.83. The SMILES string of the molecule is COc1ccc(CN(C)CC(=O)NCc2ccc(Cl)cc2)cc1OC(F)F. The van der Waals surface area contributed by atoms with Crippen LogP contribution in [0.15, 0.2) is 42.5 Å². The summed E-state index contributed by atoms with van der Waals surface area (Å²) in [6.07, 6.45) is 0. The number of benzene rings is 2. The summed E-state index contributed by atoms with van der Waals surface area (Å²) in [7, 11) is 3.14. The Morgan fingerprint density at radius 1 is 1.15 bits per heavy atom. The van der Waals surface area contributed by atoms with Crippen molar-refractivity contribution in [3.63, 3.8) is 0 Å². The highest BCUT2D eigenvalue weighted by Crippen LogP contribution is 2.29. The Morgan fingerprint density at radius 3 is 2.44 bits per heavy atom. The number of halogens is 3. The average Bonchev–Trinajstić information content (AvgIpc) is 2.61. The quantitative estimate of drug-likeness (QED) is 0.699. The Bertz CT molecular complexity index is 757. The number of rotatable bonds is 9. The zero-order valence-corrected chi connectivity index (χ0v) is 15.8. The molecule has 0 saturated carbocycles. The zero-order chi connectivity index (χ0) is 19.8. The van der Waals surface area contributed by atoms with Gasteiger partial charge in [-0.1, -0.05) is 29.8 Å². The summed E-state index contributed by atoms with van der Waals surface area (Å²) in [5.74, 6) is 0.0398. The molecule has 8 heteroatoms. The molecule has 27 heavy (non-hydrogen) atoms. The maximum Gasteiger partial charge on any atom is 0.387 e. The number of alkyl halides is 2. The van der Waals surface area contributed by atoms with E-state index in [0.717, 1.165) is 11.1 Å². The molecule has 2 aromatic rings. The lowest BCUT2D eigenvalue weighted by atomic mass is 10.2. The summed E-state index contributed by atoms with van der Waals surface area (Å²) in [6, 6.07) is 12.0. The standard InChI is InChI=1S/C19H21ClF2N2O3/c1-24(12-18(25)23-10-13-3-6-15(20)7-4-13)11-14-5-8-16(26-2)17(9-14)27-19(21)22/h3-9,19H,10-12H2,1-2H3,(H,23,25). The van der Waals surface area contributed by atoms with E-state index in [-0.39, 0.29) is 24.0 Å². The van der Waals surface area contributed by atoms with E-state index < -0.39 is 6.61 Å². The van der Waals surface area contributed by atoms with Crippen LogP contribution in [0.2, 0.25) is 5.02 Å². The summed E-state index contributed by atoms with van der Waals surface area (Å²) in [5.41, 5.74) is 1.67. The molecule has 0 fully saturated rings. The van der Waals surface area contributed by atoms with Crippen molar-refractivity contribution in [3.05, 3.63) is 58.6 Å². The van der Waals surface area contributed by atoms with Gasteiger partial charge in [0, 0.05) is 18.1 Å². The normalized spacial score (nSPS) is 10.9. The molecule has 0 aliphatic heterocycles. The molecular weight excluding hydrogens is 378 g/mol. The van der Waals surface area contributed by atoms with Crippen LogP contribution in [0.5, 0.6) is 11.5 Å². The molecule has 146 valence electrons. The van der Waals surface area contributed by atoms with Crippen molar-refractivity contribution in [2.24, 2.45) is 0 Å². The van der Waals surface area contributed by atoms with Gasteiger partial charge in [-0.3, -0.25) is 9.69 Å². The van der Waals surface area contributed by atoms with E-state index in [1.54, 1.807) is 36.2 Å². The van der Waals surface area contributed by atoms with Gasteiger partial charge in [-0.05, 0) is 42.4 Å². The van der Waals surface area contributed by atoms with Crippen molar-refractivity contribution in [2.75, 3.05) is 20.7 Å². The van der Waals surface area contributed by atoms with Crippen LogP contribution in [0.4, 0.5) is 8.78 Å². The van der Waals surface area contributed by atoms with E-state index in [4.69, 9.17) is 16.3 Å². The predicted octanol–water partition coefficient (Wildman–Crippen LogP) is 3.70. The molecular formula is C19H21ClF2N2O3. The van der Waals surface area contributed by atoms with Gasteiger partial charge in [-0.15, -0.1) is 0 Å². The summed E-state index contributed by atoms with van der Waals surface area (Å²) in [6.45, 7) is -1.99. The van der Waals surface area contributed by atoms with Gasteiger partial charge in [0.25, 0.3) is 0 Å². The Hall–Kier alpha value is -2.38. The van der Waals surface area contributed by atoms with Gasteiger partial charge >= 0.3 is 6.61 Å². The summed E-state index contributed by atoms with van der Waals surface area (Å²) < 4.78 is 34.5. The lowest BCUT2D eigenvalue weighted by Gasteiger charge is -2.18. The van der Waals surface area contributed by atoms with Crippen LogP contribution in [0, 0.1) is 0 Å². The van der Waals surface area contributed by atoms with E-state index in [1.807, 2.05) is 12.1 Å². The lowest BCUT2D eigenvalue weighted by Crippen LogP contribution is -2.34. The van der Waals surface area contributed by atoms with Gasteiger partial charge in [-0.2, -0.15) is 8.78 Å². The first-order valence-electron chi connectivity index (χ1n) is 8.19. The van der Waals surface area contributed by atoms with Crippen molar-refractivity contribution in [1.82, 2.24) is 10.2 Å². The van der Waals surface area contributed by atoms with Gasteiger partial charge < -0.3 is 14.8 Å². The van der Waals surface area contributed by atoms with Crippen molar-refractivity contribution < 1.29 is 23.0 Å². The van der Waals surface area contributed by atoms with E-state index in [2.05, 4.69) is 10.1 Å². The number of amides is 1. The zero-order valence-electron chi connectivity index (χ0n) is 15.0. The predicted molar refractivity (Wildman–Crippen MR) is 99.3 cm³/mol. The molecule has 2 rings (SSSR count). The molecule has 0 aliphatic carbocycles. The smallest absolute Gasteiger partial charge is 0.387 e. The number of likely N-dealkylation sites (N-methyl/N-ethyl adjacent to an activating group) is 1. The maximum absolute atomic E-state index is 12.5. The highest BCUT2D eigenvalue weighted by atomic mass is 35.5. The second kappa shape index (κ2) is 10.1. The highest BCUT2D eigenvalue weighted by molar-refractivity contribution is 6.30. The molecule has 0 spiro atoms. The van der Waals surface area contributed by atoms with Crippen molar-refractivity contribution >= 4 is 17.5 Å². The van der Waals surface area contributed by atoms with E-state index in [1.165, 1.54) is 13.2 Å². The second-order valence-corrected chi connectivity index (χ2v) is 6.38. The fraction of sp³-hybridized carbons (Fsp3) is 0.316. The first kappa shape index (κ1) is 20.9. The van der Waals surface area contributed by atoms with Gasteiger partial charge in [0.15, 0.2) is 11.5 Å². The molecule has 2 aromatic carbocycles. The van der Waals surface area contributed by atoms with Crippen LogP contribution in [0.1, 0.15) is 11.1 Å². The topological polar surface area (TPSA) is 50.8 Å². The van der Waals surface area contributed by atoms with Crippen LogP contribution in [-0.4, -0.2) is 38.1 Å². The molecule has 1 amide bonds. The molecule has 0 aromatic heterocycles. The van der Waals surface area contributed by atoms with Gasteiger partial charge in [0.05, 0.1) is 13.7 Å². The Balaban J connectivity index is 1.87. The minimum atomic E-state index is -2.94. The number of methoxy groups -OCH3 is 1. The van der Waals surface area contributed by atoms with Gasteiger partial charge in [0.2, 0.25) is 5.91 Å². The molecule has 5 nitrogen and oxygen atoms in total. The third kappa shape index (κ3) is 7.03. The van der Waals surface area contributed by atoms with E-state index in [0.29, 0.717) is 18.1 Å². The number of carbonyl (C=O) groups excluding carboxylic acids is 1. The number of nitrogens with zero attached hydrogens (tertiary/aromatic N) is 1. The van der Waals surface area contributed by atoms with Crippen LogP contribution in [0.3, 0.4) is 0 Å². The summed E-state index contributed by atoms with van der Waals surface area (Å²) in [5, 5.41) is 3.46. The Kier molecular flexibility index (Phi) is 7.82. The molecule has 0 radical (unpaired) electrons. The lowest BCUT2D eigenvalue weighted by molar-refractivity contribution is -0.122. The number of nitrogens with one attached hydrogen (secondary N) is 1. The largest absolute Gasteiger partial charge is 0.493 e. The third-order valence-corrected chi connectivity index (χ3v) is 3.97. The molecule has 0 bridgehead atoms. The van der Waals surface area contributed by atoms with Crippen LogP contribution >= 0.6 is 11.6 Å². The van der Waals surface area contributed by atoms with Gasteiger partial charge in [0.1, 0.15) is 0 Å². The minimum Gasteiger partial charge on any atom is -0.493 e. The first-order valence-corrected chi connectivity index (χ1v) is 8.56. The van der Waals surface area contributed by atoms with Crippen molar-refractivity contribution in [3.8, 4) is 11.5 Å². The summed E-state index contributed by atoms with van der Waals surface area (Å²) in [4.78, 5) is 13.8. The first-order chi connectivity index (χ1) is 12.9. The molecule has 1 N–H and O–H groups in total. The second-order valence-electron chi connectivity index (χ2n) is 5.94. The fourth-order valence-corrected chi connectivity index (χ4v) is 2.61. The third-order valence-electron chi connectivity index (χ3n) is 3.71. The van der Waals surface area contributed by atoms with Crippen LogP contribution in [-0.2, 0) is 17.9 Å². The van der Waals surface area contributed by atoms with Crippen LogP contribution < -0.4 is 14.8 Å². The number of hydrogen-bond donors (Lipinski definition) is 1.